The number of nitrogens with zero attached hydrogens (tertiary/aromatic N) is 2. The van der Waals surface area contributed by atoms with E-state index in [1.165, 1.54) is 60.9 Å². The molecule has 2 atom stereocenters. The first kappa shape index (κ1) is 25.3. The fourth-order valence-corrected chi connectivity index (χ4v) is 8.07. The molecule has 198 valence electrons. The maximum atomic E-state index is 13.4. The van der Waals surface area contributed by atoms with Crippen LogP contribution in [0, 0.1) is 35.9 Å². The molecule has 3 aliphatic carbocycles. The molecule has 0 saturated heterocycles. The SMILES string of the molecule is C=C(Cc1ccc(F)cc1)Nc1nc2c(nc1CC13CC(C)CC(CC(C)C1)C3)-c1ccc(C)cc1CC2. The minimum Gasteiger partial charge on any atom is -0.343 e. The maximum absolute atomic E-state index is 13.4. The summed E-state index contributed by atoms with van der Waals surface area (Å²) < 4.78 is 13.4. The van der Waals surface area contributed by atoms with E-state index in [-0.39, 0.29) is 5.82 Å². The van der Waals surface area contributed by atoms with E-state index in [9.17, 15) is 4.39 Å². The molecule has 0 amide bonds. The Morgan fingerprint density at radius 1 is 1.00 bits per heavy atom. The van der Waals surface area contributed by atoms with Gasteiger partial charge in [-0.1, -0.05) is 56.3 Å². The summed E-state index contributed by atoms with van der Waals surface area (Å²) in [6.45, 7) is 11.4. The second kappa shape index (κ2) is 9.94. The van der Waals surface area contributed by atoms with Gasteiger partial charge < -0.3 is 5.32 Å². The highest BCUT2D eigenvalue weighted by molar-refractivity contribution is 5.70. The highest BCUT2D eigenvalue weighted by Crippen LogP contribution is 2.54. The molecule has 3 aromatic rings. The van der Waals surface area contributed by atoms with E-state index in [4.69, 9.17) is 9.97 Å². The first-order valence-corrected chi connectivity index (χ1v) is 14.4. The lowest BCUT2D eigenvalue weighted by atomic mass is 9.55. The third-order valence-electron chi connectivity index (χ3n) is 9.11. The van der Waals surface area contributed by atoms with Gasteiger partial charge in [-0.15, -0.1) is 0 Å². The lowest BCUT2D eigenvalue weighted by molar-refractivity contribution is 0.0178. The average molecular weight is 510 g/mol. The first-order chi connectivity index (χ1) is 18.2. The van der Waals surface area contributed by atoms with Crippen molar-refractivity contribution >= 4 is 5.82 Å². The number of anilines is 1. The van der Waals surface area contributed by atoms with Crippen molar-refractivity contribution in [1.82, 2.24) is 9.97 Å². The number of aromatic nitrogens is 2. The van der Waals surface area contributed by atoms with Crippen LogP contribution in [0.3, 0.4) is 0 Å². The molecular weight excluding hydrogens is 469 g/mol. The number of hydrogen-bond acceptors (Lipinski definition) is 3. The summed E-state index contributed by atoms with van der Waals surface area (Å²) in [5.41, 5.74) is 9.34. The van der Waals surface area contributed by atoms with Gasteiger partial charge >= 0.3 is 0 Å². The Morgan fingerprint density at radius 2 is 1.74 bits per heavy atom. The molecule has 0 spiro atoms. The molecule has 0 aliphatic heterocycles. The lowest BCUT2D eigenvalue weighted by Crippen LogP contribution is -2.41. The smallest absolute Gasteiger partial charge is 0.152 e. The number of hydrogen-bond donors (Lipinski definition) is 1. The van der Waals surface area contributed by atoms with Gasteiger partial charge in [0.2, 0.25) is 0 Å². The minimum atomic E-state index is -0.216. The van der Waals surface area contributed by atoms with Crippen LogP contribution in [0.5, 0.6) is 0 Å². The molecular formula is C34H40FN3. The third kappa shape index (κ3) is 5.15. The monoisotopic (exact) mass is 509 g/mol. The standard InChI is InChI=1S/C34H40FN3/c1-21-5-11-29-27(15-21)8-12-30-32(29)37-31(20-34-17-22(2)13-26(19-34)14-23(3)18-34)33(38-30)36-24(4)16-25-6-9-28(35)10-7-25/h5-7,9-11,15,22-23,26H,4,8,12-14,16-20H2,1-3H3,(H,36,38). The molecule has 2 fully saturated rings. The fraction of sp³-hybridized carbons (Fsp3) is 0.471. The van der Waals surface area contributed by atoms with Gasteiger partial charge in [-0.05, 0) is 105 Å². The van der Waals surface area contributed by atoms with E-state index in [1.54, 1.807) is 0 Å². The second-order valence-electron chi connectivity index (χ2n) is 12.8. The second-order valence-corrected chi connectivity index (χ2v) is 12.8. The van der Waals surface area contributed by atoms with Crippen molar-refractivity contribution in [1.29, 1.82) is 0 Å². The molecule has 3 nitrogen and oxygen atoms in total. The largest absolute Gasteiger partial charge is 0.343 e. The molecule has 1 N–H and O–H groups in total. The normalized spacial score (nSPS) is 25.8. The summed E-state index contributed by atoms with van der Waals surface area (Å²) in [5, 5.41) is 3.58. The van der Waals surface area contributed by atoms with Gasteiger partial charge in [0, 0.05) is 17.7 Å². The van der Waals surface area contributed by atoms with Crippen molar-refractivity contribution in [2.24, 2.45) is 23.2 Å². The van der Waals surface area contributed by atoms with Gasteiger partial charge in [-0.25, -0.2) is 14.4 Å². The van der Waals surface area contributed by atoms with Crippen LogP contribution in [-0.4, -0.2) is 9.97 Å². The van der Waals surface area contributed by atoms with Crippen LogP contribution in [0.15, 0.2) is 54.7 Å². The number of benzene rings is 2. The zero-order valence-electron chi connectivity index (χ0n) is 23.1. The Morgan fingerprint density at radius 3 is 2.47 bits per heavy atom. The lowest BCUT2D eigenvalue weighted by Gasteiger charge is -2.50. The van der Waals surface area contributed by atoms with E-state index in [2.05, 4.69) is 50.9 Å². The molecule has 1 aromatic heterocycles. The Kier molecular flexibility index (Phi) is 6.62. The number of allylic oxidation sites excluding steroid dienone is 1. The molecule has 6 rings (SSSR count). The van der Waals surface area contributed by atoms with Crippen LogP contribution in [0.4, 0.5) is 10.2 Å². The highest BCUT2D eigenvalue weighted by Gasteiger charge is 2.45. The van der Waals surface area contributed by atoms with Crippen LogP contribution in [-0.2, 0) is 25.7 Å². The number of fused-ring (bicyclic) bond motifs is 5. The minimum absolute atomic E-state index is 0.216. The molecule has 2 aromatic carbocycles. The summed E-state index contributed by atoms with van der Waals surface area (Å²) >= 11 is 0. The topological polar surface area (TPSA) is 37.8 Å². The van der Waals surface area contributed by atoms with Crippen LogP contribution < -0.4 is 5.32 Å². The fourth-order valence-electron chi connectivity index (χ4n) is 8.07. The van der Waals surface area contributed by atoms with Crippen LogP contribution in [0.2, 0.25) is 0 Å². The number of rotatable bonds is 6. The van der Waals surface area contributed by atoms with E-state index in [0.29, 0.717) is 11.8 Å². The van der Waals surface area contributed by atoms with Crippen LogP contribution >= 0.6 is 0 Å². The van der Waals surface area contributed by atoms with Crippen molar-refractivity contribution in [3.05, 3.63) is 88.6 Å². The first-order valence-electron chi connectivity index (χ1n) is 14.4. The Balaban J connectivity index is 1.37. The molecule has 2 saturated carbocycles. The van der Waals surface area contributed by atoms with Crippen LogP contribution in [0.1, 0.15) is 74.0 Å². The number of nitrogens with one attached hydrogen (secondary N) is 1. The number of halogens is 1. The van der Waals surface area contributed by atoms with E-state index < -0.39 is 0 Å². The van der Waals surface area contributed by atoms with Crippen molar-refractivity contribution in [2.45, 2.75) is 78.6 Å². The van der Waals surface area contributed by atoms with E-state index in [1.807, 2.05) is 12.1 Å². The number of aryl methyl sites for hydroxylation is 3. The molecule has 1 heterocycles. The molecule has 0 radical (unpaired) electrons. The maximum Gasteiger partial charge on any atom is 0.152 e. The summed E-state index contributed by atoms with van der Waals surface area (Å²) in [6.07, 6.45) is 10.1. The quantitative estimate of drug-likeness (QED) is 0.363. The molecule has 2 unspecified atom stereocenters. The van der Waals surface area contributed by atoms with Gasteiger partial charge in [0.05, 0.1) is 17.1 Å². The third-order valence-corrected chi connectivity index (χ3v) is 9.11. The van der Waals surface area contributed by atoms with Crippen molar-refractivity contribution in [2.75, 3.05) is 5.32 Å². The molecule has 3 aliphatic rings. The van der Waals surface area contributed by atoms with Gasteiger partial charge in [0.25, 0.3) is 0 Å². The van der Waals surface area contributed by atoms with Gasteiger partial charge in [0.1, 0.15) is 5.82 Å². The van der Waals surface area contributed by atoms with Gasteiger partial charge in [0.15, 0.2) is 5.82 Å². The summed E-state index contributed by atoms with van der Waals surface area (Å²) in [6, 6.07) is 13.4. The Labute approximate surface area is 227 Å². The van der Waals surface area contributed by atoms with Gasteiger partial charge in [-0.3, -0.25) is 0 Å². The zero-order valence-corrected chi connectivity index (χ0v) is 23.1. The Hall–Kier alpha value is -3.01. The predicted octanol–water partition coefficient (Wildman–Crippen LogP) is 8.25. The van der Waals surface area contributed by atoms with Gasteiger partial charge in [-0.2, -0.15) is 0 Å². The molecule has 2 bridgehead atoms. The summed E-state index contributed by atoms with van der Waals surface area (Å²) in [7, 11) is 0. The highest BCUT2D eigenvalue weighted by atomic mass is 19.1. The summed E-state index contributed by atoms with van der Waals surface area (Å²) in [5.74, 6) is 3.02. The molecule has 4 heteroatoms. The van der Waals surface area contributed by atoms with Crippen LogP contribution in [0.25, 0.3) is 11.3 Å². The van der Waals surface area contributed by atoms with E-state index in [0.717, 1.165) is 71.2 Å². The van der Waals surface area contributed by atoms with Crippen molar-refractivity contribution < 1.29 is 4.39 Å². The molecule has 38 heavy (non-hydrogen) atoms. The average Bonchev–Trinajstić information content (AvgIpc) is 2.84. The Bertz CT molecular complexity index is 1340. The van der Waals surface area contributed by atoms with Crippen molar-refractivity contribution in [3.8, 4) is 11.3 Å². The zero-order chi connectivity index (χ0) is 26.4. The van der Waals surface area contributed by atoms with Crippen molar-refractivity contribution in [3.63, 3.8) is 0 Å². The van der Waals surface area contributed by atoms with E-state index >= 15 is 0 Å². The summed E-state index contributed by atoms with van der Waals surface area (Å²) in [4.78, 5) is 10.7. The predicted molar refractivity (Wildman–Crippen MR) is 154 cm³/mol.